The first-order chi connectivity index (χ1) is 11.8. The number of ether oxygens (including phenoxy) is 1. The number of halogens is 2. The molecule has 1 aromatic heterocycles. The highest BCUT2D eigenvalue weighted by atomic mass is 79.9. The largest absolute Gasteiger partial charge is 0.494 e. The molecule has 0 saturated heterocycles. The van der Waals surface area contributed by atoms with Crippen LogP contribution in [0.15, 0.2) is 54.7 Å². The summed E-state index contributed by atoms with van der Waals surface area (Å²) in [7, 11) is 0. The average Bonchev–Trinajstić information content (AvgIpc) is 3.02. The van der Waals surface area contributed by atoms with Crippen LogP contribution in [0.2, 0.25) is 5.02 Å². The van der Waals surface area contributed by atoms with Gasteiger partial charge in [-0.3, -0.25) is 0 Å². The quantitative estimate of drug-likeness (QED) is 0.303. The van der Waals surface area contributed by atoms with Crippen LogP contribution in [0.3, 0.4) is 0 Å². The molecule has 0 atom stereocenters. The van der Waals surface area contributed by atoms with Crippen molar-refractivity contribution in [3.63, 3.8) is 0 Å². The molecular weight excluding hydrogens is 386 g/mol. The molecule has 0 unspecified atom stereocenters. The Morgan fingerprint density at radius 2 is 1.71 bits per heavy atom. The third kappa shape index (κ3) is 4.34. The van der Waals surface area contributed by atoms with E-state index in [1.807, 2.05) is 30.3 Å². The van der Waals surface area contributed by atoms with Crippen molar-refractivity contribution in [3.05, 3.63) is 59.8 Å². The number of unbranched alkanes of at least 4 members (excludes halogenated alkanes) is 3. The molecule has 0 aliphatic rings. The fraction of sp³-hybridized carbons (Fsp3) is 0.300. The summed E-state index contributed by atoms with van der Waals surface area (Å²) in [6.07, 6.45) is 6.91. The summed E-state index contributed by atoms with van der Waals surface area (Å²) < 4.78 is 8.05. The predicted octanol–water partition coefficient (Wildman–Crippen LogP) is 6.62. The first-order valence-corrected chi connectivity index (χ1v) is 9.84. The van der Waals surface area contributed by atoms with Gasteiger partial charge < -0.3 is 9.30 Å². The lowest BCUT2D eigenvalue weighted by Crippen LogP contribution is -1.97. The molecule has 0 saturated carbocycles. The van der Waals surface area contributed by atoms with Gasteiger partial charge in [0, 0.05) is 27.6 Å². The van der Waals surface area contributed by atoms with Gasteiger partial charge in [-0.15, -0.1) is 0 Å². The Bertz CT molecular complexity index is 782. The monoisotopic (exact) mass is 405 g/mol. The van der Waals surface area contributed by atoms with Crippen LogP contribution >= 0.6 is 27.5 Å². The lowest BCUT2D eigenvalue weighted by molar-refractivity contribution is 0.305. The number of fused-ring (bicyclic) bond motifs is 1. The van der Waals surface area contributed by atoms with Gasteiger partial charge >= 0.3 is 0 Å². The van der Waals surface area contributed by atoms with E-state index < -0.39 is 0 Å². The lowest BCUT2D eigenvalue weighted by Gasteiger charge is -2.08. The fourth-order valence-corrected chi connectivity index (χ4v) is 3.30. The zero-order chi connectivity index (χ0) is 16.8. The summed E-state index contributed by atoms with van der Waals surface area (Å²) in [5.41, 5.74) is 2.27. The first kappa shape index (κ1) is 17.4. The van der Waals surface area contributed by atoms with E-state index in [1.54, 1.807) is 0 Å². The molecule has 0 fully saturated rings. The van der Waals surface area contributed by atoms with Gasteiger partial charge in [0.25, 0.3) is 0 Å². The Kier molecular flexibility index (Phi) is 6.22. The normalized spacial score (nSPS) is 11.1. The molecule has 3 aromatic rings. The van der Waals surface area contributed by atoms with Gasteiger partial charge in [-0.1, -0.05) is 40.4 Å². The second-order valence-corrected chi connectivity index (χ2v) is 7.06. The molecule has 0 amide bonds. The van der Waals surface area contributed by atoms with Crippen molar-refractivity contribution < 1.29 is 4.74 Å². The number of nitrogens with zero attached hydrogens (tertiary/aromatic N) is 1. The lowest BCUT2D eigenvalue weighted by atomic mass is 10.2. The van der Waals surface area contributed by atoms with E-state index in [2.05, 4.69) is 44.9 Å². The standard InChI is InChI=1S/C20H21BrClNO/c21-12-3-1-2-4-14-24-19-9-10-20-16(15-19)11-13-23(20)18-7-5-17(22)6-8-18/h5-11,13,15H,1-4,12,14H2. The van der Waals surface area contributed by atoms with Crippen LogP contribution in [0.4, 0.5) is 0 Å². The zero-order valence-corrected chi connectivity index (χ0v) is 15.9. The Morgan fingerprint density at radius 1 is 0.917 bits per heavy atom. The van der Waals surface area contributed by atoms with Crippen molar-refractivity contribution in [1.29, 1.82) is 0 Å². The van der Waals surface area contributed by atoms with Gasteiger partial charge in [0.05, 0.1) is 12.1 Å². The number of rotatable bonds is 8. The molecule has 2 aromatic carbocycles. The molecule has 126 valence electrons. The molecule has 0 radical (unpaired) electrons. The van der Waals surface area contributed by atoms with Crippen molar-refractivity contribution in [2.45, 2.75) is 25.7 Å². The minimum absolute atomic E-state index is 0.752. The summed E-state index contributed by atoms with van der Waals surface area (Å²) in [5, 5.41) is 3.03. The van der Waals surface area contributed by atoms with Crippen LogP contribution in [0.1, 0.15) is 25.7 Å². The van der Waals surface area contributed by atoms with Crippen LogP contribution in [0, 0.1) is 0 Å². The number of aromatic nitrogens is 1. The van der Waals surface area contributed by atoms with Crippen LogP contribution in [0.25, 0.3) is 16.6 Å². The SMILES string of the molecule is Clc1ccc(-n2ccc3cc(OCCCCCCBr)ccc32)cc1. The molecular formula is C20H21BrClNO. The van der Waals surface area contributed by atoms with Gasteiger partial charge in [-0.2, -0.15) is 0 Å². The second kappa shape index (κ2) is 8.59. The third-order valence-corrected chi connectivity index (χ3v) is 4.88. The second-order valence-electron chi connectivity index (χ2n) is 5.83. The predicted molar refractivity (Wildman–Crippen MR) is 106 cm³/mol. The maximum Gasteiger partial charge on any atom is 0.120 e. The molecule has 3 rings (SSSR count). The molecule has 0 N–H and O–H groups in total. The summed E-state index contributed by atoms with van der Waals surface area (Å²) in [4.78, 5) is 0. The highest BCUT2D eigenvalue weighted by Crippen LogP contribution is 2.25. The Morgan fingerprint density at radius 3 is 2.50 bits per heavy atom. The summed E-state index contributed by atoms with van der Waals surface area (Å²) >= 11 is 9.43. The van der Waals surface area contributed by atoms with Crippen molar-refractivity contribution >= 4 is 38.4 Å². The third-order valence-electron chi connectivity index (χ3n) is 4.06. The molecule has 0 bridgehead atoms. The van der Waals surface area contributed by atoms with Gasteiger partial charge in [-0.05, 0) is 61.4 Å². The molecule has 0 aliphatic heterocycles. The molecule has 24 heavy (non-hydrogen) atoms. The van der Waals surface area contributed by atoms with Crippen molar-refractivity contribution in [2.24, 2.45) is 0 Å². The molecule has 1 heterocycles. The van der Waals surface area contributed by atoms with Crippen molar-refractivity contribution in [3.8, 4) is 11.4 Å². The maximum absolute atomic E-state index is 5.97. The van der Waals surface area contributed by atoms with E-state index in [9.17, 15) is 0 Å². The summed E-state index contributed by atoms with van der Waals surface area (Å²) in [6, 6.07) is 16.3. The average molecular weight is 407 g/mol. The maximum atomic E-state index is 5.97. The minimum atomic E-state index is 0.752. The van der Waals surface area contributed by atoms with Crippen LogP contribution in [-0.2, 0) is 0 Å². The molecule has 2 nitrogen and oxygen atoms in total. The Hall–Kier alpha value is -1.45. The molecule has 4 heteroatoms. The molecule has 0 aliphatic carbocycles. The topological polar surface area (TPSA) is 14.2 Å². The number of hydrogen-bond acceptors (Lipinski definition) is 1. The zero-order valence-electron chi connectivity index (χ0n) is 13.6. The van der Waals surface area contributed by atoms with E-state index in [0.717, 1.165) is 34.8 Å². The van der Waals surface area contributed by atoms with Crippen LogP contribution in [-0.4, -0.2) is 16.5 Å². The highest BCUT2D eigenvalue weighted by Gasteiger charge is 2.05. The number of hydrogen-bond donors (Lipinski definition) is 0. The van der Waals surface area contributed by atoms with Gasteiger partial charge in [0.15, 0.2) is 0 Å². The number of benzene rings is 2. The fourth-order valence-electron chi connectivity index (χ4n) is 2.78. The Labute approximate surface area is 156 Å². The highest BCUT2D eigenvalue weighted by molar-refractivity contribution is 9.09. The van der Waals surface area contributed by atoms with E-state index in [1.165, 1.54) is 30.2 Å². The smallest absolute Gasteiger partial charge is 0.120 e. The van der Waals surface area contributed by atoms with Gasteiger partial charge in [-0.25, -0.2) is 0 Å². The Balaban J connectivity index is 1.66. The number of alkyl halides is 1. The van der Waals surface area contributed by atoms with Crippen molar-refractivity contribution in [1.82, 2.24) is 4.57 Å². The van der Waals surface area contributed by atoms with E-state index >= 15 is 0 Å². The summed E-state index contributed by atoms with van der Waals surface area (Å²) in [6.45, 7) is 0.783. The molecule has 0 spiro atoms. The van der Waals surface area contributed by atoms with E-state index in [0.29, 0.717) is 0 Å². The van der Waals surface area contributed by atoms with Crippen molar-refractivity contribution in [2.75, 3.05) is 11.9 Å². The summed E-state index contributed by atoms with van der Waals surface area (Å²) in [5.74, 6) is 0.942. The van der Waals surface area contributed by atoms with Crippen LogP contribution in [0.5, 0.6) is 5.75 Å². The first-order valence-electron chi connectivity index (χ1n) is 8.34. The van der Waals surface area contributed by atoms with Crippen LogP contribution < -0.4 is 4.74 Å². The van der Waals surface area contributed by atoms with E-state index in [4.69, 9.17) is 16.3 Å². The van der Waals surface area contributed by atoms with E-state index in [-0.39, 0.29) is 0 Å². The minimum Gasteiger partial charge on any atom is -0.494 e. The van der Waals surface area contributed by atoms with Gasteiger partial charge in [0.1, 0.15) is 5.75 Å². The van der Waals surface area contributed by atoms with Gasteiger partial charge in [0.2, 0.25) is 0 Å².